The molecular weight excluding hydrogens is 502 g/mol. The third kappa shape index (κ3) is 6.34. The van der Waals surface area contributed by atoms with Gasteiger partial charge in [-0.2, -0.15) is 4.31 Å². The maximum absolute atomic E-state index is 13.6. The highest BCUT2D eigenvalue weighted by atomic mass is 32.2. The smallest absolute Gasteiger partial charge is 0.243 e. The zero-order valence-electron chi connectivity index (χ0n) is 22.1. The number of carbonyl (C=O) groups excluding carboxylic acids is 2. The maximum atomic E-state index is 13.6. The number of methoxy groups -OCH3 is 1. The molecule has 3 aromatic rings. The average Bonchev–Trinajstić information content (AvgIpc) is 3.44. The van der Waals surface area contributed by atoms with Crippen molar-refractivity contribution >= 4 is 32.6 Å². The predicted octanol–water partition coefficient (Wildman–Crippen LogP) is 3.95. The molecule has 1 N–H and O–H groups in total. The summed E-state index contributed by atoms with van der Waals surface area (Å²) in [7, 11) is -0.996. The molecule has 0 radical (unpaired) electrons. The van der Waals surface area contributed by atoms with Crippen LogP contribution in [0, 0.1) is 0 Å². The van der Waals surface area contributed by atoms with Crippen molar-refractivity contribution in [3.63, 3.8) is 0 Å². The van der Waals surface area contributed by atoms with E-state index in [-0.39, 0.29) is 23.4 Å². The van der Waals surface area contributed by atoms with E-state index in [2.05, 4.69) is 5.32 Å². The number of rotatable bonds is 10. The van der Waals surface area contributed by atoms with E-state index in [1.165, 1.54) is 11.9 Å². The van der Waals surface area contributed by atoms with E-state index in [4.69, 9.17) is 4.74 Å². The van der Waals surface area contributed by atoms with Gasteiger partial charge >= 0.3 is 0 Å². The summed E-state index contributed by atoms with van der Waals surface area (Å²) >= 11 is 0. The highest BCUT2D eigenvalue weighted by Crippen LogP contribution is 2.23. The largest absolute Gasteiger partial charge is 0.497 e. The quantitative estimate of drug-likeness (QED) is 0.423. The van der Waals surface area contributed by atoms with Crippen molar-refractivity contribution in [1.29, 1.82) is 0 Å². The van der Waals surface area contributed by atoms with Gasteiger partial charge in [0, 0.05) is 19.6 Å². The molecule has 9 heteroatoms. The lowest BCUT2D eigenvalue weighted by Crippen LogP contribution is -2.52. The number of fused-ring (bicyclic) bond motifs is 1. The highest BCUT2D eigenvalue weighted by Gasteiger charge is 2.31. The third-order valence-corrected chi connectivity index (χ3v) is 8.94. The molecule has 1 saturated carbocycles. The first-order valence-electron chi connectivity index (χ1n) is 12.9. The molecule has 202 valence electrons. The molecule has 3 aromatic carbocycles. The number of sulfonamides is 1. The normalized spacial score (nSPS) is 14.9. The second-order valence-electron chi connectivity index (χ2n) is 9.81. The minimum Gasteiger partial charge on any atom is -0.497 e. The van der Waals surface area contributed by atoms with E-state index in [1.54, 1.807) is 44.4 Å². The lowest BCUT2D eigenvalue weighted by molar-refractivity contribution is -0.140. The Balaban J connectivity index is 1.55. The SMILES string of the molecule is COc1cccc(CN(C(=O)CN(C)S(=O)(=O)c2ccc3ccccc3c2)[C@H](C)C(=O)NC2CCCC2)c1. The Morgan fingerprint density at radius 1 is 1.00 bits per heavy atom. The van der Waals surface area contributed by atoms with Crippen molar-refractivity contribution in [1.82, 2.24) is 14.5 Å². The number of amides is 2. The van der Waals surface area contributed by atoms with Gasteiger partial charge in [0.15, 0.2) is 0 Å². The van der Waals surface area contributed by atoms with E-state index in [1.807, 2.05) is 36.4 Å². The molecule has 1 aliphatic carbocycles. The maximum Gasteiger partial charge on any atom is 0.243 e. The van der Waals surface area contributed by atoms with Crippen molar-refractivity contribution in [2.24, 2.45) is 0 Å². The van der Waals surface area contributed by atoms with Crippen LogP contribution in [-0.2, 0) is 26.2 Å². The van der Waals surface area contributed by atoms with Crippen molar-refractivity contribution in [3.05, 3.63) is 72.3 Å². The Kier molecular flexibility index (Phi) is 8.69. The van der Waals surface area contributed by atoms with Crippen molar-refractivity contribution in [3.8, 4) is 5.75 Å². The van der Waals surface area contributed by atoms with E-state index in [0.717, 1.165) is 46.3 Å². The number of likely N-dealkylation sites (N-methyl/N-ethyl adjacent to an activating group) is 1. The number of ether oxygens (including phenoxy) is 1. The summed E-state index contributed by atoms with van der Waals surface area (Å²) < 4.78 is 33.1. The summed E-state index contributed by atoms with van der Waals surface area (Å²) in [6.45, 7) is 1.42. The molecule has 0 heterocycles. The molecule has 38 heavy (non-hydrogen) atoms. The number of carbonyl (C=O) groups is 2. The fraction of sp³-hybridized carbons (Fsp3) is 0.379. The molecule has 0 aliphatic heterocycles. The van der Waals surface area contributed by atoms with Crippen LogP contribution in [0.5, 0.6) is 5.75 Å². The van der Waals surface area contributed by atoms with Gasteiger partial charge in [0.1, 0.15) is 11.8 Å². The Morgan fingerprint density at radius 2 is 1.71 bits per heavy atom. The van der Waals surface area contributed by atoms with Gasteiger partial charge in [-0.05, 0) is 60.4 Å². The van der Waals surface area contributed by atoms with Gasteiger partial charge in [0.2, 0.25) is 21.8 Å². The Bertz CT molecular complexity index is 1400. The van der Waals surface area contributed by atoms with Crippen LogP contribution in [-0.4, -0.2) is 62.2 Å². The second-order valence-corrected chi connectivity index (χ2v) is 11.9. The van der Waals surface area contributed by atoms with Crippen LogP contribution in [0.25, 0.3) is 10.8 Å². The lowest BCUT2D eigenvalue weighted by atomic mass is 10.1. The average molecular weight is 538 g/mol. The molecule has 0 saturated heterocycles. The van der Waals surface area contributed by atoms with E-state index >= 15 is 0 Å². The first-order valence-corrected chi connectivity index (χ1v) is 14.3. The Labute approximate surface area is 224 Å². The summed E-state index contributed by atoms with van der Waals surface area (Å²) in [6.07, 6.45) is 4.00. The van der Waals surface area contributed by atoms with Gasteiger partial charge in [0.05, 0.1) is 18.6 Å². The fourth-order valence-corrected chi connectivity index (χ4v) is 5.97. The number of hydrogen-bond donors (Lipinski definition) is 1. The highest BCUT2D eigenvalue weighted by molar-refractivity contribution is 7.89. The van der Waals surface area contributed by atoms with Crippen LogP contribution in [0.1, 0.15) is 38.2 Å². The van der Waals surface area contributed by atoms with Crippen LogP contribution in [0.2, 0.25) is 0 Å². The van der Waals surface area contributed by atoms with Gasteiger partial charge < -0.3 is 15.0 Å². The Hall–Kier alpha value is -3.43. The van der Waals surface area contributed by atoms with Crippen LogP contribution in [0.4, 0.5) is 0 Å². The molecule has 0 spiro atoms. The van der Waals surface area contributed by atoms with Gasteiger partial charge in [-0.3, -0.25) is 9.59 Å². The molecular formula is C29H35N3O5S. The summed E-state index contributed by atoms with van der Waals surface area (Å²) in [6, 6.07) is 19.0. The minimum atomic E-state index is -3.94. The topological polar surface area (TPSA) is 96.0 Å². The van der Waals surface area contributed by atoms with Crippen LogP contribution in [0.15, 0.2) is 71.6 Å². The van der Waals surface area contributed by atoms with Crippen LogP contribution >= 0.6 is 0 Å². The summed E-state index contributed by atoms with van der Waals surface area (Å²) in [5.41, 5.74) is 0.776. The molecule has 8 nitrogen and oxygen atoms in total. The number of benzene rings is 3. The molecule has 0 bridgehead atoms. The first kappa shape index (κ1) is 27.6. The summed E-state index contributed by atoms with van der Waals surface area (Å²) in [5.74, 6) is -0.0732. The molecule has 2 amide bonds. The monoisotopic (exact) mass is 537 g/mol. The van der Waals surface area contributed by atoms with Gasteiger partial charge in [-0.1, -0.05) is 55.3 Å². The molecule has 1 fully saturated rings. The van der Waals surface area contributed by atoms with Gasteiger partial charge in [-0.15, -0.1) is 0 Å². The zero-order chi connectivity index (χ0) is 27.3. The van der Waals surface area contributed by atoms with Crippen molar-refractivity contribution in [2.75, 3.05) is 20.7 Å². The summed E-state index contributed by atoms with van der Waals surface area (Å²) in [4.78, 5) is 28.3. The van der Waals surface area contributed by atoms with E-state index in [9.17, 15) is 18.0 Å². The Morgan fingerprint density at radius 3 is 2.42 bits per heavy atom. The number of hydrogen-bond acceptors (Lipinski definition) is 5. The standard InChI is InChI=1S/C29H35N3O5S/c1-21(29(34)30-25-12-6-7-13-25)32(19-22-9-8-14-26(17-22)37-3)28(33)20-31(2)38(35,36)27-16-15-23-10-4-5-11-24(23)18-27/h4-5,8-11,14-18,21,25H,6-7,12-13,19-20H2,1-3H3,(H,30,34)/t21-/m1/s1. The molecule has 1 aliphatic rings. The van der Waals surface area contributed by atoms with Crippen molar-refractivity contribution < 1.29 is 22.7 Å². The minimum absolute atomic E-state index is 0.106. The predicted molar refractivity (Wildman–Crippen MR) is 147 cm³/mol. The number of nitrogens with one attached hydrogen (secondary N) is 1. The molecule has 0 unspecified atom stereocenters. The van der Waals surface area contributed by atoms with Crippen molar-refractivity contribution in [2.45, 2.75) is 56.1 Å². The van der Waals surface area contributed by atoms with Crippen LogP contribution < -0.4 is 10.1 Å². The number of nitrogens with zero attached hydrogens (tertiary/aromatic N) is 2. The zero-order valence-corrected chi connectivity index (χ0v) is 22.9. The lowest BCUT2D eigenvalue weighted by Gasteiger charge is -2.31. The molecule has 4 rings (SSSR count). The van der Waals surface area contributed by atoms with E-state index < -0.39 is 28.5 Å². The van der Waals surface area contributed by atoms with Gasteiger partial charge in [0.25, 0.3) is 0 Å². The summed E-state index contributed by atoms with van der Waals surface area (Å²) in [5, 5.41) is 4.78. The molecule has 1 atom stereocenters. The fourth-order valence-electron chi connectivity index (χ4n) is 4.82. The van der Waals surface area contributed by atoms with Crippen LogP contribution in [0.3, 0.4) is 0 Å². The first-order chi connectivity index (χ1) is 18.2. The van der Waals surface area contributed by atoms with E-state index in [0.29, 0.717) is 5.75 Å². The van der Waals surface area contributed by atoms with Gasteiger partial charge in [-0.25, -0.2) is 8.42 Å². The second kappa shape index (κ2) is 12.0. The third-order valence-electron chi connectivity index (χ3n) is 7.14. The molecule has 0 aromatic heterocycles.